The Hall–Kier alpha value is -6.65. The predicted molar refractivity (Wildman–Crippen MR) is 322 cm³/mol. The number of fused-ring (bicyclic) bond motifs is 1. The number of hydrogen-bond donors (Lipinski definition) is 9. The molecular formula is C61H102N12O11. The minimum Gasteiger partial charge on any atom is -0.443 e. The first-order chi connectivity index (χ1) is 39.2. The lowest BCUT2D eigenvalue weighted by molar-refractivity contribution is -0.140. The van der Waals surface area contributed by atoms with E-state index in [9.17, 15) is 47.9 Å². The molecule has 472 valence electrons. The second kappa shape index (κ2) is 33.2. The molecule has 1 fully saturated rings. The first-order valence-electron chi connectivity index (χ1n) is 30.2. The maximum absolute atomic E-state index is 14.4. The molecule has 6 atom stereocenters. The number of nitrogens with one attached hydrogen (secondary N) is 9. The molecule has 0 saturated carbocycles. The van der Waals surface area contributed by atoms with Gasteiger partial charge in [0.1, 0.15) is 52.3 Å². The van der Waals surface area contributed by atoms with Crippen LogP contribution in [0.4, 0.5) is 0 Å². The van der Waals surface area contributed by atoms with E-state index in [-0.39, 0.29) is 74.3 Å². The van der Waals surface area contributed by atoms with E-state index in [1.165, 1.54) is 47.9 Å². The molecule has 1 aliphatic rings. The molecule has 1 saturated heterocycles. The number of nitrogens with zero attached hydrogens (tertiary/aromatic N) is 3. The Balaban J connectivity index is 1.74. The Bertz CT molecular complexity index is 2560. The summed E-state index contributed by atoms with van der Waals surface area (Å²) in [4.78, 5) is 147. The molecular weight excluding hydrogens is 1080 g/mol. The molecule has 23 nitrogen and oxygen atoms in total. The fraction of sp³-hybridized carbons (Fsp3) is 0.721. The van der Waals surface area contributed by atoms with E-state index in [4.69, 9.17) is 4.42 Å². The van der Waals surface area contributed by atoms with Gasteiger partial charge in [-0.25, -0.2) is 4.98 Å². The number of carbonyl (C=O) groups excluding carboxylic acids is 10. The number of likely N-dealkylation sites (N-methyl/N-ethyl adjacent to an activating group) is 1. The standard InChI is InChI=1S/C61H102N12O11/c1-17-18-19-20-21-22-24-42(51(76)68-48-25-23-30-73(48)55(80)41-26-27-47-43(34-41)63-36-84-47)50(75)65-45(32-38(4)5)53(78)69-60(11,12)57(82)67-44(31-37(2)3)52(77)66-46(33-39(6)7)54(79)70-61(13,14)58(83)71-59(9,10)56(81)62-29-28-49(74)64-40(8)35-72(15)16/h26-27,34,36-40,42,44-46,48H,17-25,28-33,35H2,1-16H3,(H,62,81)(H,64,74)(H,65,75)(H,66,77)(H,67,82)(H,68,76)(H,69,78)(H,70,79)(H,71,83)/t40-,42-,44-,45-,46-,48-/m0/s1. The van der Waals surface area contributed by atoms with E-state index in [1.807, 2.05) is 67.5 Å². The van der Waals surface area contributed by atoms with Crippen LogP contribution >= 0.6 is 0 Å². The highest BCUT2D eigenvalue weighted by molar-refractivity contribution is 6.04. The molecule has 1 aromatic carbocycles. The van der Waals surface area contributed by atoms with Crippen molar-refractivity contribution >= 4 is 70.2 Å². The number of aromatic nitrogens is 1. The molecule has 84 heavy (non-hydrogen) atoms. The predicted octanol–water partition coefficient (Wildman–Crippen LogP) is 4.72. The molecule has 23 heteroatoms. The highest BCUT2D eigenvalue weighted by Gasteiger charge is 2.41. The molecule has 10 amide bonds. The van der Waals surface area contributed by atoms with Crippen molar-refractivity contribution in [2.75, 3.05) is 33.7 Å². The first kappa shape index (κ1) is 71.6. The number of oxazole rings is 1. The lowest BCUT2D eigenvalue weighted by Crippen LogP contribution is -2.65. The largest absolute Gasteiger partial charge is 0.443 e. The number of rotatable bonds is 35. The van der Waals surface area contributed by atoms with Gasteiger partial charge in [0.15, 0.2) is 12.0 Å². The Labute approximate surface area is 498 Å². The molecule has 2 heterocycles. The highest BCUT2D eigenvalue weighted by Crippen LogP contribution is 2.24. The van der Waals surface area contributed by atoms with Gasteiger partial charge in [-0.2, -0.15) is 0 Å². The van der Waals surface area contributed by atoms with E-state index in [0.717, 1.165) is 32.1 Å². The van der Waals surface area contributed by atoms with Crippen molar-refractivity contribution in [1.82, 2.24) is 62.6 Å². The number of benzene rings is 1. The van der Waals surface area contributed by atoms with Crippen LogP contribution in [0.15, 0.2) is 29.0 Å². The maximum Gasteiger partial charge on any atom is 0.255 e. The molecule has 0 unspecified atom stereocenters. The van der Waals surface area contributed by atoms with E-state index in [0.29, 0.717) is 49.0 Å². The molecule has 3 rings (SSSR count). The van der Waals surface area contributed by atoms with Crippen LogP contribution in [-0.2, 0) is 43.2 Å². The molecule has 1 aromatic heterocycles. The van der Waals surface area contributed by atoms with Crippen LogP contribution in [0.5, 0.6) is 0 Å². The van der Waals surface area contributed by atoms with Gasteiger partial charge in [-0.05, 0) is 137 Å². The second-order valence-corrected chi connectivity index (χ2v) is 25.9. The first-order valence-corrected chi connectivity index (χ1v) is 30.2. The summed E-state index contributed by atoms with van der Waals surface area (Å²) in [6, 6.07) is 1.32. The van der Waals surface area contributed by atoms with Crippen LogP contribution in [0.2, 0.25) is 0 Å². The van der Waals surface area contributed by atoms with E-state index in [1.54, 1.807) is 23.1 Å². The summed E-state index contributed by atoms with van der Waals surface area (Å²) in [5, 5.41) is 25.2. The van der Waals surface area contributed by atoms with Crippen molar-refractivity contribution in [3.05, 3.63) is 30.2 Å². The Morgan fingerprint density at radius 2 is 1.18 bits per heavy atom. The van der Waals surface area contributed by atoms with Crippen molar-refractivity contribution in [2.24, 2.45) is 23.7 Å². The normalized spacial score (nSPS) is 15.7. The molecule has 2 aromatic rings. The quantitative estimate of drug-likeness (QED) is 0.0334. The van der Waals surface area contributed by atoms with Crippen molar-refractivity contribution in [2.45, 2.75) is 227 Å². The van der Waals surface area contributed by atoms with Crippen LogP contribution in [0.3, 0.4) is 0 Å². The molecule has 0 radical (unpaired) electrons. The van der Waals surface area contributed by atoms with Gasteiger partial charge in [-0.1, -0.05) is 87.0 Å². The Kier molecular flexibility index (Phi) is 28.3. The summed E-state index contributed by atoms with van der Waals surface area (Å²) >= 11 is 0. The zero-order valence-corrected chi connectivity index (χ0v) is 53.2. The minimum absolute atomic E-state index is 0.0254. The zero-order chi connectivity index (χ0) is 63.3. The van der Waals surface area contributed by atoms with Crippen LogP contribution in [0.1, 0.15) is 191 Å². The summed E-state index contributed by atoms with van der Waals surface area (Å²) in [5.74, 6) is -7.37. The monoisotopic (exact) mass is 1180 g/mol. The second-order valence-electron chi connectivity index (χ2n) is 25.9. The maximum atomic E-state index is 14.4. The highest BCUT2D eigenvalue weighted by atomic mass is 16.3. The third-order valence-corrected chi connectivity index (χ3v) is 14.6. The zero-order valence-electron chi connectivity index (χ0n) is 53.2. The summed E-state index contributed by atoms with van der Waals surface area (Å²) in [5.41, 5.74) is -3.26. The molecule has 9 N–H and O–H groups in total. The fourth-order valence-electron chi connectivity index (χ4n) is 9.93. The van der Waals surface area contributed by atoms with Crippen LogP contribution in [0.25, 0.3) is 11.1 Å². The van der Waals surface area contributed by atoms with Crippen molar-refractivity contribution in [3.8, 4) is 0 Å². The summed E-state index contributed by atoms with van der Waals surface area (Å²) in [6.07, 6.45) is 7.83. The topological polar surface area (TPSA) is 311 Å². The number of carbonyl (C=O) groups is 10. The van der Waals surface area contributed by atoms with E-state index >= 15 is 0 Å². The lowest BCUT2D eigenvalue weighted by atomic mass is 9.95. The number of amides is 10. The minimum atomic E-state index is -1.66. The Morgan fingerprint density at radius 3 is 1.75 bits per heavy atom. The van der Waals surface area contributed by atoms with Gasteiger partial charge in [0, 0.05) is 37.7 Å². The summed E-state index contributed by atoms with van der Waals surface area (Å²) in [7, 11) is 3.79. The van der Waals surface area contributed by atoms with Gasteiger partial charge in [-0.3, -0.25) is 47.9 Å². The van der Waals surface area contributed by atoms with Crippen LogP contribution in [0, 0.1) is 23.7 Å². The van der Waals surface area contributed by atoms with Gasteiger partial charge in [0.2, 0.25) is 53.2 Å². The number of hydrogen-bond acceptors (Lipinski definition) is 13. The lowest BCUT2D eigenvalue weighted by Gasteiger charge is -2.34. The van der Waals surface area contributed by atoms with Crippen LogP contribution in [-0.4, -0.2) is 155 Å². The SMILES string of the molecule is CCCCCCCC[C@@H](C(=O)N[C@@H](CC(C)C)C(=O)NC(C)(C)C(=O)N[C@@H](CC(C)C)C(=O)N[C@@H](CC(C)C)C(=O)NC(C)(C)C(=O)NC(C)(C)C(=O)NCCC(=O)N[C@@H](C)CN(C)C)C(=O)N[C@@H]1CCCN1C(=O)c1ccc2ocnc2c1. The average Bonchev–Trinajstić information content (AvgIpc) is 3.81. The average molecular weight is 1180 g/mol. The molecule has 1 aliphatic heterocycles. The van der Waals surface area contributed by atoms with E-state index in [2.05, 4.69) is 59.8 Å². The third-order valence-electron chi connectivity index (χ3n) is 14.6. The number of likely N-dealkylation sites (tertiary alicyclic amines) is 1. The fourth-order valence-corrected chi connectivity index (χ4v) is 9.93. The Morgan fingerprint density at radius 1 is 0.643 bits per heavy atom. The number of unbranched alkanes of at least 4 members (excludes halogenated alkanes) is 5. The van der Waals surface area contributed by atoms with Gasteiger partial charge < -0.3 is 62.1 Å². The van der Waals surface area contributed by atoms with Crippen LogP contribution < -0.4 is 47.9 Å². The van der Waals surface area contributed by atoms with Crippen molar-refractivity contribution < 1.29 is 52.4 Å². The third kappa shape index (κ3) is 23.4. The molecule has 0 spiro atoms. The smallest absolute Gasteiger partial charge is 0.255 e. The van der Waals surface area contributed by atoms with Gasteiger partial charge in [-0.15, -0.1) is 0 Å². The van der Waals surface area contributed by atoms with Gasteiger partial charge in [0.05, 0.1) is 0 Å². The summed E-state index contributed by atoms with van der Waals surface area (Å²) < 4.78 is 5.34. The van der Waals surface area contributed by atoms with E-state index < -0.39 is 94.1 Å². The molecule has 0 aliphatic carbocycles. The van der Waals surface area contributed by atoms with Gasteiger partial charge in [0.25, 0.3) is 5.91 Å². The summed E-state index contributed by atoms with van der Waals surface area (Å²) in [6.45, 7) is 25.1. The molecule has 0 bridgehead atoms. The van der Waals surface area contributed by atoms with Crippen molar-refractivity contribution in [1.29, 1.82) is 0 Å². The van der Waals surface area contributed by atoms with Crippen molar-refractivity contribution in [3.63, 3.8) is 0 Å². The van der Waals surface area contributed by atoms with Gasteiger partial charge >= 0.3 is 0 Å².